The number of nitrogens with zero attached hydrogens (tertiary/aromatic N) is 7. The van der Waals surface area contributed by atoms with E-state index >= 15 is 0 Å². The number of benzene rings is 1. The van der Waals surface area contributed by atoms with Crippen LogP contribution < -0.4 is 4.90 Å². The van der Waals surface area contributed by atoms with Crippen LogP contribution in [0.4, 0.5) is 5.69 Å². The first-order chi connectivity index (χ1) is 17.8. The number of hydrogen-bond acceptors (Lipinski definition) is 7. The molecule has 0 radical (unpaired) electrons. The number of imidazole rings is 1. The molecule has 11 heteroatoms. The summed E-state index contributed by atoms with van der Waals surface area (Å²) in [7, 11) is -3.67. The molecule has 0 aliphatic carbocycles. The Kier molecular flexibility index (Phi) is 5.76. The van der Waals surface area contributed by atoms with Gasteiger partial charge in [-0.2, -0.15) is 4.31 Å². The van der Waals surface area contributed by atoms with Crippen molar-refractivity contribution in [3.8, 4) is 11.5 Å². The summed E-state index contributed by atoms with van der Waals surface area (Å²) in [5.41, 5.74) is 3.94. The predicted octanol–water partition coefficient (Wildman–Crippen LogP) is 3.21. The van der Waals surface area contributed by atoms with Gasteiger partial charge in [-0.25, -0.2) is 28.4 Å². The van der Waals surface area contributed by atoms with Crippen LogP contribution in [0.3, 0.4) is 0 Å². The fourth-order valence-corrected chi connectivity index (χ4v) is 7.14. The van der Waals surface area contributed by atoms with E-state index in [1.165, 1.54) is 13.3 Å². The van der Waals surface area contributed by atoms with Gasteiger partial charge in [-0.3, -0.25) is 4.79 Å². The SMILES string of the molecule is CC(=O)N1c2ccc(S(=O)(=O)N3CCC(n4c(-c5ccncn5)nc5cccnc54)CC3)cc2CC1C. The van der Waals surface area contributed by atoms with Crippen molar-refractivity contribution in [2.75, 3.05) is 18.0 Å². The third kappa shape index (κ3) is 3.98. The number of fused-ring (bicyclic) bond motifs is 2. The van der Waals surface area contributed by atoms with Crippen LogP contribution in [-0.2, 0) is 21.2 Å². The Bertz CT molecular complexity index is 1600. The van der Waals surface area contributed by atoms with Crippen molar-refractivity contribution in [1.82, 2.24) is 28.8 Å². The van der Waals surface area contributed by atoms with E-state index in [1.807, 2.05) is 25.1 Å². The van der Waals surface area contributed by atoms with E-state index in [9.17, 15) is 13.2 Å². The molecule has 37 heavy (non-hydrogen) atoms. The molecule has 1 aromatic carbocycles. The van der Waals surface area contributed by atoms with Gasteiger partial charge < -0.3 is 9.47 Å². The molecule has 2 aliphatic heterocycles. The third-order valence-electron chi connectivity index (χ3n) is 7.29. The molecule has 1 unspecified atom stereocenters. The maximum atomic E-state index is 13.6. The number of aromatic nitrogens is 5. The van der Waals surface area contributed by atoms with Crippen molar-refractivity contribution in [2.24, 2.45) is 0 Å². The van der Waals surface area contributed by atoms with E-state index in [1.54, 1.807) is 39.8 Å². The molecule has 10 nitrogen and oxygen atoms in total. The molecule has 4 aromatic rings. The summed E-state index contributed by atoms with van der Waals surface area (Å²) in [5, 5.41) is 0. The minimum Gasteiger partial charge on any atom is -0.309 e. The lowest BCUT2D eigenvalue weighted by atomic mass is 10.1. The zero-order chi connectivity index (χ0) is 25.7. The van der Waals surface area contributed by atoms with Crippen LogP contribution in [0.1, 0.15) is 38.3 Å². The second-order valence-electron chi connectivity index (χ2n) is 9.61. The monoisotopic (exact) mass is 517 g/mol. The second kappa shape index (κ2) is 9.00. The summed E-state index contributed by atoms with van der Waals surface area (Å²) in [6.45, 7) is 4.28. The zero-order valence-corrected chi connectivity index (χ0v) is 21.5. The van der Waals surface area contributed by atoms with Crippen LogP contribution in [0.2, 0.25) is 0 Å². The first-order valence-electron chi connectivity index (χ1n) is 12.4. The number of carbonyl (C=O) groups excluding carboxylic acids is 1. The third-order valence-corrected chi connectivity index (χ3v) is 9.19. The number of amides is 1. The van der Waals surface area contributed by atoms with Gasteiger partial charge in [0, 0.05) is 50.2 Å². The average molecular weight is 518 g/mol. The van der Waals surface area contributed by atoms with Gasteiger partial charge in [0.2, 0.25) is 15.9 Å². The van der Waals surface area contributed by atoms with Gasteiger partial charge in [0.1, 0.15) is 17.5 Å². The van der Waals surface area contributed by atoms with Crippen LogP contribution in [0.25, 0.3) is 22.7 Å². The largest absolute Gasteiger partial charge is 0.309 e. The van der Waals surface area contributed by atoms with Crippen molar-refractivity contribution in [3.63, 3.8) is 0 Å². The van der Waals surface area contributed by atoms with Crippen molar-refractivity contribution < 1.29 is 13.2 Å². The molecule has 190 valence electrons. The van der Waals surface area contributed by atoms with Gasteiger partial charge >= 0.3 is 0 Å². The maximum Gasteiger partial charge on any atom is 0.243 e. The quantitative estimate of drug-likeness (QED) is 0.408. The highest BCUT2D eigenvalue weighted by molar-refractivity contribution is 7.89. The number of piperidine rings is 1. The molecule has 2 aliphatic rings. The number of pyridine rings is 1. The molecular weight excluding hydrogens is 490 g/mol. The molecule has 0 N–H and O–H groups in total. The Balaban J connectivity index is 1.26. The summed E-state index contributed by atoms with van der Waals surface area (Å²) in [5.74, 6) is 0.673. The fraction of sp³-hybridized carbons (Fsp3) is 0.346. The highest BCUT2D eigenvalue weighted by Crippen LogP contribution is 2.36. The number of carbonyl (C=O) groups is 1. The lowest BCUT2D eigenvalue weighted by Crippen LogP contribution is -2.39. The maximum absolute atomic E-state index is 13.6. The van der Waals surface area contributed by atoms with Gasteiger partial charge in [-0.15, -0.1) is 0 Å². The van der Waals surface area contributed by atoms with Crippen LogP contribution in [0.15, 0.2) is 60.0 Å². The number of hydrogen-bond donors (Lipinski definition) is 0. The Labute approximate surface area is 215 Å². The molecule has 1 fully saturated rings. The summed E-state index contributed by atoms with van der Waals surface area (Å²) >= 11 is 0. The molecule has 1 amide bonds. The molecule has 6 rings (SSSR count). The Hall–Kier alpha value is -3.70. The normalized spacial score (nSPS) is 18.9. The van der Waals surface area contributed by atoms with Crippen molar-refractivity contribution in [1.29, 1.82) is 0 Å². The highest BCUT2D eigenvalue weighted by Gasteiger charge is 2.34. The number of anilines is 1. The smallest absolute Gasteiger partial charge is 0.243 e. The molecule has 1 atom stereocenters. The molecule has 5 heterocycles. The molecular formula is C26H27N7O3S. The second-order valence-corrected chi connectivity index (χ2v) is 11.6. The number of sulfonamides is 1. The fourth-order valence-electron chi connectivity index (χ4n) is 5.62. The van der Waals surface area contributed by atoms with Crippen LogP contribution >= 0.6 is 0 Å². The lowest BCUT2D eigenvalue weighted by molar-refractivity contribution is -0.116. The van der Waals surface area contributed by atoms with Crippen LogP contribution in [-0.4, -0.2) is 62.3 Å². The average Bonchev–Trinajstić information content (AvgIpc) is 3.46. The minimum absolute atomic E-state index is 0.0175. The summed E-state index contributed by atoms with van der Waals surface area (Å²) < 4.78 is 30.8. The molecule has 0 saturated carbocycles. The van der Waals surface area contributed by atoms with Gasteiger partial charge in [0.15, 0.2) is 11.5 Å². The standard InChI is InChI=1S/C26H27N7O3S/c1-17-14-19-15-21(5-6-24(19)32(17)18(2)34)37(35,36)31-12-8-20(9-13-31)33-25-23(4-3-10-28-25)30-26(33)22-7-11-27-16-29-22/h3-7,10-11,15-17,20H,8-9,12-14H2,1-2H3. The molecule has 0 bridgehead atoms. The van der Waals surface area contributed by atoms with E-state index < -0.39 is 10.0 Å². The first kappa shape index (κ1) is 23.7. The molecule has 1 saturated heterocycles. The lowest BCUT2D eigenvalue weighted by Gasteiger charge is -2.32. The van der Waals surface area contributed by atoms with Gasteiger partial charge in [-0.05, 0) is 68.1 Å². The minimum atomic E-state index is -3.67. The first-order valence-corrected chi connectivity index (χ1v) is 13.8. The predicted molar refractivity (Wildman–Crippen MR) is 138 cm³/mol. The summed E-state index contributed by atoms with van der Waals surface area (Å²) in [6.07, 6.45) is 6.81. The van der Waals surface area contributed by atoms with E-state index in [0.717, 1.165) is 22.4 Å². The van der Waals surface area contributed by atoms with E-state index in [4.69, 9.17) is 4.98 Å². The van der Waals surface area contributed by atoms with Crippen molar-refractivity contribution in [2.45, 2.75) is 50.1 Å². The van der Waals surface area contributed by atoms with Crippen molar-refractivity contribution in [3.05, 3.63) is 60.7 Å². The van der Waals surface area contributed by atoms with Crippen LogP contribution in [0, 0.1) is 0 Å². The molecule has 0 spiro atoms. The van der Waals surface area contributed by atoms with Gasteiger partial charge in [0.25, 0.3) is 0 Å². The topological polar surface area (TPSA) is 114 Å². The van der Waals surface area contributed by atoms with E-state index in [2.05, 4.69) is 19.5 Å². The Morgan fingerprint density at radius 2 is 1.86 bits per heavy atom. The van der Waals surface area contributed by atoms with Crippen LogP contribution in [0.5, 0.6) is 0 Å². The Morgan fingerprint density at radius 3 is 2.59 bits per heavy atom. The summed E-state index contributed by atoms with van der Waals surface area (Å²) in [6, 6.07) is 10.8. The van der Waals surface area contributed by atoms with E-state index in [-0.39, 0.29) is 22.9 Å². The Morgan fingerprint density at radius 1 is 1.05 bits per heavy atom. The summed E-state index contributed by atoms with van der Waals surface area (Å²) in [4.78, 5) is 31.8. The molecule has 3 aromatic heterocycles. The number of rotatable bonds is 4. The van der Waals surface area contributed by atoms with Crippen molar-refractivity contribution >= 4 is 32.8 Å². The van der Waals surface area contributed by atoms with E-state index in [0.29, 0.717) is 43.9 Å². The highest BCUT2D eigenvalue weighted by atomic mass is 32.2. The van der Waals surface area contributed by atoms with Gasteiger partial charge in [-0.1, -0.05) is 0 Å². The van der Waals surface area contributed by atoms with Gasteiger partial charge in [0.05, 0.1) is 4.90 Å². The zero-order valence-electron chi connectivity index (χ0n) is 20.6.